The van der Waals surface area contributed by atoms with Crippen LogP contribution < -0.4 is 5.32 Å². The van der Waals surface area contributed by atoms with E-state index in [9.17, 15) is 8.78 Å². The van der Waals surface area contributed by atoms with Crippen LogP contribution in [0.4, 0.5) is 8.78 Å². The second kappa shape index (κ2) is 6.93. The van der Waals surface area contributed by atoms with Gasteiger partial charge in [-0.05, 0) is 36.8 Å². The fourth-order valence-electron chi connectivity index (χ4n) is 1.93. The van der Waals surface area contributed by atoms with Gasteiger partial charge in [-0.2, -0.15) is 0 Å². The second-order valence-corrected chi connectivity index (χ2v) is 5.77. The lowest BCUT2D eigenvalue weighted by Crippen LogP contribution is -2.19. The van der Waals surface area contributed by atoms with Crippen LogP contribution in [0.2, 0.25) is 15.1 Å². The summed E-state index contributed by atoms with van der Waals surface area (Å²) in [7, 11) is 0. The summed E-state index contributed by atoms with van der Waals surface area (Å²) in [6.45, 7) is 2.02. The summed E-state index contributed by atoms with van der Waals surface area (Å²) < 4.78 is 26.7. The lowest BCUT2D eigenvalue weighted by molar-refractivity contribution is 0.535. The Morgan fingerprint density at radius 1 is 1.05 bits per heavy atom. The van der Waals surface area contributed by atoms with Crippen molar-refractivity contribution in [3.05, 3.63) is 68.2 Å². The number of hydrogen-bond acceptors (Lipinski definition) is 1. The van der Waals surface area contributed by atoms with Crippen molar-refractivity contribution >= 4 is 34.8 Å². The fraction of sp³-hybridized carbons (Fsp3) is 0.200. The van der Waals surface area contributed by atoms with E-state index in [0.29, 0.717) is 10.0 Å². The standard InChI is InChI=1S/C15H12Cl3F2N/c1-8(11-3-4-12(16)15(18)14(11)17)21-7-9-6-10(19)2-5-13(9)20/h2-6,8,21H,7H2,1H3. The highest BCUT2D eigenvalue weighted by Gasteiger charge is 2.14. The van der Waals surface area contributed by atoms with Crippen LogP contribution >= 0.6 is 34.8 Å². The van der Waals surface area contributed by atoms with Gasteiger partial charge >= 0.3 is 0 Å². The molecule has 0 aliphatic heterocycles. The average Bonchev–Trinajstić information content (AvgIpc) is 2.45. The molecule has 1 unspecified atom stereocenters. The van der Waals surface area contributed by atoms with Crippen molar-refractivity contribution in [2.24, 2.45) is 0 Å². The van der Waals surface area contributed by atoms with E-state index in [1.807, 2.05) is 6.92 Å². The third-order valence-corrected chi connectivity index (χ3v) is 4.45. The van der Waals surface area contributed by atoms with Crippen molar-refractivity contribution in [3.8, 4) is 0 Å². The van der Waals surface area contributed by atoms with E-state index in [1.54, 1.807) is 12.1 Å². The molecule has 0 saturated heterocycles. The number of rotatable bonds is 4. The molecule has 2 aromatic rings. The minimum atomic E-state index is -0.478. The Morgan fingerprint density at radius 2 is 1.76 bits per heavy atom. The molecule has 0 spiro atoms. The zero-order valence-electron chi connectivity index (χ0n) is 11.1. The van der Waals surface area contributed by atoms with Gasteiger partial charge in [0.1, 0.15) is 11.6 Å². The first kappa shape index (κ1) is 16.5. The molecule has 6 heteroatoms. The summed E-state index contributed by atoms with van der Waals surface area (Å²) >= 11 is 18.0. The second-order valence-electron chi connectivity index (χ2n) is 4.60. The summed E-state index contributed by atoms with van der Waals surface area (Å²) in [6, 6.07) is 6.53. The van der Waals surface area contributed by atoms with Crippen LogP contribution in [0, 0.1) is 11.6 Å². The van der Waals surface area contributed by atoms with Crippen molar-refractivity contribution in [1.82, 2.24) is 5.32 Å². The molecule has 0 heterocycles. The van der Waals surface area contributed by atoms with Crippen LogP contribution in [-0.4, -0.2) is 0 Å². The molecule has 2 rings (SSSR count). The summed E-state index contributed by atoms with van der Waals surface area (Å²) in [5.41, 5.74) is 0.987. The van der Waals surface area contributed by atoms with Gasteiger partial charge in [-0.1, -0.05) is 40.9 Å². The molecule has 0 aromatic heterocycles. The Hall–Kier alpha value is -0.870. The number of nitrogens with one attached hydrogen (secondary N) is 1. The van der Waals surface area contributed by atoms with Gasteiger partial charge in [-0.3, -0.25) is 0 Å². The maximum Gasteiger partial charge on any atom is 0.127 e. The van der Waals surface area contributed by atoms with Crippen LogP contribution in [0.25, 0.3) is 0 Å². The van der Waals surface area contributed by atoms with Crippen molar-refractivity contribution in [1.29, 1.82) is 0 Å². The Labute approximate surface area is 136 Å². The topological polar surface area (TPSA) is 12.0 Å². The molecule has 112 valence electrons. The van der Waals surface area contributed by atoms with Gasteiger partial charge < -0.3 is 5.32 Å². The first-order chi connectivity index (χ1) is 9.90. The first-order valence-corrected chi connectivity index (χ1v) is 7.34. The smallest absolute Gasteiger partial charge is 0.127 e. The average molecular weight is 351 g/mol. The van der Waals surface area contributed by atoms with Crippen molar-refractivity contribution in [2.75, 3.05) is 0 Å². The number of hydrogen-bond donors (Lipinski definition) is 1. The first-order valence-electron chi connectivity index (χ1n) is 6.21. The Kier molecular flexibility index (Phi) is 5.44. The van der Waals surface area contributed by atoms with Crippen LogP contribution in [0.15, 0.2) is 30.3 Å². The third-order valence-electron chi connectivity index (χ3n) is 3.14. The zero-order chi connectivity index (χ0) is 15.6. The van der Waals surface area contributed by atoms with Crippen molar-refractivity contribution in [3.63, 3.8) is 0 Å². The lowest BCUT2D eigenvalue weighted by Gasteiger charge is -2.17. The van der Waals surface area contributed by atoms with Crippen LogP contribution in [0.3, 0.4) is 0 Å². The molecular weight excluding hydrogens is 339 g/mol. The predicted molar refractivity (Wildman–Crippen MR) is 83.1 cm³/mol. The molecule has 2 aromatic carbocycles. The van der Waals surface area contributed by atoms with Gasteiger partial charge in [0.2, 0.25) is 0 Å². The normalized spacial score (nSPS) is 12.5. The van der Waals surface area contributed by atoms with Gasteiger partial charge in [-0.15, -0.1) is 0 Å². The molecule has 0 amide bonds. The van der Waals surface area contributed by atoms with Gasteiger partial charge in [0.05, 0.1) is 15.1 Å². The van der Waals surface area contributed by atoms with E-state index in [0.717, 1.165) is 23.8 Å². The van der Waals surface area contributed by atoms with Gasteiger partial charge in [-0.25, -0.2) is 8.78 Å². The van der Waals surface area contributed by atoms with E-state index in [4.69, 9.17) is 34.8 Å². The molecule has 0 aliphatic rings. The minimum Gasteiger partial charge on any atom is -0.306 e. The molecule has 1 nitrogen and oxygen atoms in total. The van der Waals surface area contributed by atoms with E-state index in [2.05, 4.69) is 5.32 Å². The minimum absolute atomic E-state index is 0.168. The molecule has 21 heavy (non-hydrogen) atoms. The Morgan fingerprint density at radius 3 is 2.48 bits per heavy atom. The SMILES string of the molecule is CC(NCc1cc(F)ccc1F)c1ccc(Cl)c(Cl)c1Cl. The van der Waals surface area contributed by atoms with E-state index in [1.165, 1.54) is 0 Å². The van der Waals surface area contributed by atoms with E-state index in [-0.39, 0.29) is 23.2 Å². The van der Waals surface area contributed by atoms with Gasteiger partial charge in [0.15, 0.2) is 0 Å². The van der Waals surface area contributed by atoms with Gasteiger partial charge in [0.25, 0.3) is 0 Å². The van der Waals surface area contributed by atoms with Crippen LogP contribution in [-0.2, 0) is 6.54 Å². The predicted octanol–water partition coefficient (Wildman–Crippen LogP) is 5.78. The number of benzene rings is 2. The summed E-state index contributed by atoms with van der Waals surface area (Å²) in [4.78, 5) is 0. The molecule has 0 radical (unpaired) electrons. The largest absolute Gasteiger partial charge is 0.306 e. The third kappa shape index (κ3) is 3.86. The Balaban J connectivity index is 2.14. The molecule has 0 saturated carbocycles. The monoisotopic (exact) mass is 349 g/mol. The summed E-state index contributed by atoms with van der Waals surface area (Å²) in [5, 5.41) is 4.08. The molecule has 0 fully saturated rings. The molecule has 0 aliphatic carbocycles. The molecule has 0 bridgehead atoms. The van der Waals surface area contributed by atoms with Crippen molar-refractivity contribution < 1.29 is 8.78 Å². The maximum atomic E-state index is 13.5. The number of halogens is 5. The quantitative estimate of drug-likeness (QED) is 0.690. The van der Waals surface area contributed by atoms with Crippen molar-refractivity contribution in [2.45, 2.75) is 19.5 Å². The molecule has 1 atom stereocenters. The highest BCUT2D eigenvalue weighted by Crippen LogP contribution is 2.35. The fourth-order valence-corrected chi connectivity index (χ4v) is 2.63. The molecule has 1 N–H and O–H groups in total. The maximum absolute atomic E-state index is 13.5. The van der Waals surface area contributed by atoms with Crippen LogP contribution in [0.1, 0.15) is 24.1 Å². The van der Waals surface area contributed by atoms with E-state index < -0.39 is 11.6 Å². The van der Waals surface area contributed by atoms with Gasteiger partial charge in [0, 0.05) is 18.2 Å². The summed E-state index contributed by atoms with van der Waals surface area (Å²) in [6.07, 6.45) is 0. The Bertz CT molecular complexity index is 662. The van der Waals surface area contributed by atoms with E-state index >= 15 is 0 Å². The molecular formula is C15H12Cl3F2N. The zero-order valence-corrected chi connectivity index (χ0v) is 13.3. The highest BCUT2D eigenvalue weighted by molar-refractivity contribution is 6.48. The summed E-state index contributed by atoms with van der Waals surface area (Å²) in [5.74, 6) is -0.940. The lowest BCUT2D eigenvalue weighted by atomic mass is 10.1. The highest BCUT2D eigenvalue weighted by atomic mass is 35.5. The van der Waals surface area contributed by atoms with Crippen LogP contribution in [0.5, 0.6) is 0 Å².